The van der Waals surface area contributed by atoms with Gasteiger partial charge in [-0.15, -0.1) is 6.42 Å². The highest BCUT2D eigenvalue weighted by Crippen LogP contribution is 2.76. The molecule has 4 aromatic rings. The number of benzene rings is 2. The van der Waals surface area contributed by atoms with Crippen LogP contribution in [0, 0.1) is 46.6 Å². The van der Waals surface area contributed by atoms with Gasteiger partial charge in [0.05, 0.1) is 35.1 Å². The second kappa shape index (κ2) is 9.98. The lowest BCUT2D eigenvalue weighted by Crippen LogP contribution is -2.49. The molecular weight excluding hydrogens is 648 g/mol. The van der Waals surface area contributed by atoms with Gasteiger partial charge in [0, 0.05) is 54.3 Å². The van der Waals surface area contributed by atoms with Crippen molar-refractivity contribution >= 4 is 33.2 Å². The maximum atomic E-state index is 17.1. The van der Waals surface area contributed by atoms with E-state index in [1.807, 2.05) is 0 Å². The van der Waals surface area contributed by atoms with Crippen LogP contribution in [0.1, 0.15) is 44.6 Å². The Morgan fingerprint density at radius 3 is 2.68 bits per heavy atom. The largest absolute Gasteiger partial charge is 0.461 e. The lowest BCUT2D eigenvalue weighted by molar-refractivity contribution is 0.0541. The molecule has 3 saturated carbocycles. The van der Waals surface area contributed by atoms with Crippen molar-refractivity contribution < 1.29 is 27.0 Å². The molecule has 50 heavy (non-hydrogen) atoms. The minimum absolute atomic E-state index is 0.0159. The summed E-state index contributed by atoms with van der Waals surface area (Å²) in [4.78, 5) is 18.5. The SMILES string of the molecule is C#Cc1c(F)ccc2cc(N)cc(-c3ncc4c(N5CCOC[C@H]6C(C)[C@H]65)nc(OCC56C[C@]7(CN5CCC65CC5)CC7(F)F)nc4c3F)c12. The Morgan fingerprint density at radius 2 is 1.92 bits per heavy atom. The maximum absolute atomic E-state index is 17.1. The molecule has 2 N–H and O–H groups in total. The molecule has 0 amide bonds. The lowest BCUT2D eigenvalue weighted by Gasteiger charge is -2.37. The minimum Gasteiger partial charge on any atom is -0.461 e. The normalized spacial score (nSPS) is 31.5. The Hall–Kier alpha value is -4.21. The number of alkyl halides is 2. The van der Waals surface area contributed by atoms with Crippen LogP contribution in [0.3, 0.4) is 0 Å². The summed E-state index contributed by atoms with van der Waals surface area (Å²) in [6.07, 6.45) is 10.5. The van der Waals surface area contributed by atoms with E-state index in [9.17, 15) is 13.2 Å². The van der Waals surface area contributed by atoms with Crippen molar-refractivity contribution in [2.75, 3.05) is 50.1 Å². The average Bonchev–Trinajstić information content (AvgIpc) is 4.02. The first-order chi connectivity index (χ1) is 24.0. The number of ether oxygens (including phenoxy) is 2. The van der Waals surface area contributed by atoms with E-state index in [-0.39, 0.29) is 52.8 Å². The van der Waals surface area contributed by atoms with E-state index in [1.165, 1.54) is 18.3 Å². The van der Waals surface area contributed by atoms with E-state index >= 15 is 4.39 Å². The van der Waals surface area contributed by atoms with Crippen LogP contribution < -0.4 is 15.4 Å². The molecule has 2 unspecified atom stereocenters. The number of hydrogen-bond acceptors (Lipinski definition) is 8. The van der Waals surface area contributed by atoms with Gasteiger partial charge in [0.2, 0.25) is 0 Å². The fourth-order valence-electron chi connectivity index (χ4n) is 10.1. The number of nitrogen functional groups attached to an aromatic ring is 1. The van der Waals surface area contributed by atoms with Crippen molar-refractivity contribution in [3.63, 3.8) is 0 Å². The van der Waals surface area contributed by atoms with Crippen molar-refractivity contribution in [3.05, 3.63) is 47.7 Å². The summed E-state index contributed by atoms with van der Waals surface area (Å²) in [5.41, 5.74) is 5.09. The van der Waals surface area contributed by atoms with Crippen molar-refractivity contribution in [2.45, 2.75) is 56.5 Å². The fraction of sp³-hybridized carbons (Fsp3) is 0.500. The van der Waals surface area contributed by atoms with E-state index in [4.69, 9.17) is 26.6 Å². The quantitative estimate of drug-likeness (QED) is 0.151. The first-order valence-corrected chi connectivity index (χ1v) is 17.5. The molecule has 3 aliphatic heterocycles. The Kier molecular flexibility index (Phi) is 6.11. The molecule has 5 heterocycles. The highest BCUT2D eigenvalue weighted by molar-refractivity contribution is 6.03. The predicted molar refractivity (Wildman–Crippen MR) is 180 cm³/mol. The molecule has 3 saturated heterocycles. The van der Waals surface area contributed by atoms with Gasteiger partial charge in [-0.05, 0) is 67.1 Å². The van der Waals surface area contributed by atoms with Gasteiger partial charge >= 0.3 is 6.01 Å². The van der Waals surface area contributed by atoms with E-state index in [2.05, 4.69) is 32.6 Å². The van der Waals surface area contributed by atoms with E-state index in [0.29, 0.717) is 72.2 Å². The third-order valence-corrected chi connectivity index (χ3v) is 13.1. The standard InChI is InChI=1S/C38H36F4N6O2/c1-3-23-27(39)5-4-21-12-22(43)13-24(28(21)23)30-29(40)31-25(14-44-30)33(48-10-11-49-15-26-20(2)32(26)48)46-34(45-31)50-19-37-16-36(17-38(36,41)42)18-47(37)9-8-35(37)6-7-35/h1,4-5,12-14,20,26,32H,6-11,15-19,43H2,2H3/t20?,26-,32+,36+,37?/m0/s1. The number of nitrogens with zero attached hydrogens (tertiary/aromatic N) is 5. The number of fused-ring (bicyclic) bond motifs is 5. The summed E-state index contributed by atoms with van der Waals surface area (Å²) >= 11 is 0. The van der Waals surface area contributed by atoms with E-state index < -0.39 is 28.5 Å². The van der Waals surface area contributed by atoms with Gasteiger partial charge in [-0.2, -0.15) is 9.97 Å². The van der Waals surface area contributed by atoms with Crippen LogP contribution in [-0.4, -0.2) is 76.8 Å². The molecule has 6 fully saturated rings. The summed E-state index contributed by atoms with van der Waals surface area (Å²) in [5.74, 6) is -0.495. The summed E-state index contributed by atoms with van der Waals surface area (Å²) in [6, 6.07) is 6.12. The number of pyridine rings is 1. The molecule has 0 bridgehead atoms. The maximum Gasteiger partial charge on any atom is 0.319 e. The molecular formula is C38H36F4N6O2. The number of halogens is 4. The van der Waals surface area contributed by atoms with Crippen LogP contribution in [0.25, 0.3) is 32.9 Å². The number of rotatable bonds is 5. The Balaban J connectivity index is 1.12. The monoisotopic (exact) mass is 684 g/mol. The second-order valence-electron chi connectivity index (χ2n) is 15.6. The van der Waals surface area contributed by atoms with Crippen LogP contribution in [0.2, 0.25) is 0 Å². The minimum atomic E-state index is -2.67. The molecule has 12 heteroatoms. The highest BCUT2D eigenvalue weighted by atomic mass is 19.3. The first kappa shape index (κ1) is 30.6. The smallest absolute Gasteiger partial charge is 0.319 e. The zero-order valence-electron chi connectivity index (χ0n) is 27.6. The van der Waals surface area contributed by atoms with Gasteiger partial charge in [-0.3, -0.25) is 9.88 Å². The summed E-state index contributed by atoms with van der Waals surface area (Å²) in [6.45, 7) is 5.07. The van der Waals surface area contributed by atoms with Crippen LogP contribution in [0.15, 0.2) is 30.5 Å². The number of hydrogen-bond donors (Lipinski definition) is 1. The third kappa shape index (κ3) is 4.04. The number of aromatic nitrogens is 3. The molecule has 2 spiro atoms. The number of terminal acetylenes is 1. The molecule has 6 aliphatic rings. The summed E-state index contributed by atoms with van der Waals surface area (Å²) in [7, 11) is 0. The van der Waals surface area contributed by atoms with Crippen LogP contribution in [0.5, 0.6) is 6.01 Å². The van der Waals surface area contributed by atoms with Crippen molar-refractivity contribution in [2.24, 2.45) is 22.7 Å². The van der Waals surface area contributed by atoms with E-state index in [0.717, 1.165) is 25.8 Å². The molecule has 258 valence electrons. The van der Waals surface area contributed by atoms with Crippen LogP contribution >= 0.6 is 0 Å². The van der Waals surface area contributed by atoms with Crippen molar-refractivity contribution in [1.82, 2.24) is 19.9 Å². The van der Waals surface area contributed by atoms with Crippen molar-refractivity contribution in [1.29, 1.82) is 0 Å². The first-order valence-electron chi connectivity index (χ1n) is 17.5. The highest BCUT2D eigenvalue weighted by Gasteiger charge is 2.81. The Bertz CT molecular complexity index is 2190. The number of nitrogens with two attached hydrogens (primary N) is 1. The second-order valence-corrected chi connectivity index (χ2v) is 15.6. The van der Waals surface area contributed by atoms with E-state index in [1.54, 1.807) is 12.1 Å². The van der Waals surface area contributed by atoms with Crippen LogP contribution in [0.4, 0.5) is 29.1 Å². The number of anilines is 2. The van der Waals surface area contributed by atoms with Gasteiger partial charge < -0.3 is 20.1 Å². The molecule has 10 rings (SSSR count). The molecule has 2 aromatic carbocycles. The third-order valence-electron chi connectivity index (χ3n) is 13.1. The average molecular weight is 685 g/mol. The van der Waals surface area contributed by atoms with Crippen molar-refractivity contribution in [3.8, 4) is 29.6 Å². The zero-order chi connectivity index (χ0) is 34.4. The van der Waals surface area contributed by atoms with Gasteiger partial charge in [0.25, 0.3) is 5.92 Å². The molecule has 5 atom stereocenters. The van der Waals surface area contributed by atoms with Gasteiger partial charge in [0.15, 0.2) is 5.82 Å². The summed E-state index contributed by atoms with van der Waals surface area (Å²) < 4.78 is 74.0. The van der Waals surface area contributed by atoms with Gasteiger partial charge in [0.1, 0.15) is 29.5 Å². The van der Waals surface area contributed by atoms with Gasteiger partial charge in [-0.1, -0.05) is 18.9 Å². The fourth-order valence-corrected chi connectivity index (χ4v) is 10.1. The molecule has 3 aliphatic carbocycles. The Morgan fingerprint density at radius 1 is 1.10 bits per heavy atom. The molecule has 8 nitrogen and oxygen atoms in total. The predicted octanol–water partition coefficient (Wildman–Crippen LogP) is 6.19. The lowest BCUT2D eigenvalue weighted by atomic mass is 9.77. The van der Waals surface area contributed by atoms with Gasteiger partial charge in [-0.25, -0.2) is 17.6 Å². The summed E-state index contributed by atoms with van der Waals surface area (Å²) in [5, 5.41) is 1.26. The molecule has 2 aromatic heterocycles. The Labute approximate surface area is 286 Å². The zero-order valence-corrected chi connectivity index (χ0v) is 27.6. The molecule has 0 radical (unpaired) electrons. The topological polar surface area (TPSA) is 89.6 Å². The van der Waals surface area contributed by atoms with Crippen LogP contribution in [-0.2, 0) is 4.74 Å².